The summed E-state index contributed by atoms with van der Waals surface area (Å²) in [6.45, 7) is 3.77. The normalized spacial score (nSPS) is 17.4. The molecule has 4 aromatic rings. The summed E-state index contributed by atoms with van der Waals surface area (Å²) in [5, 5.41) is 3.46. The number of halogens is 2. The first-order chi connectivity index (χ1) is 20.7. The number of nitrogens with two attached hydrogens (primary N) is 1. The average Bonchev–Trinajstić information content (AvgIpc) is 3.54. The van der Waals surface area contributed by atoms with E-state index >= 15 is 0 Å². The number of piperidine rings is 1. The Kier molecular flexibility index (Phi) is 7.74. The molecule has 0 aliphatic carbocycles. The van der Waals surface area contributed by atoms with Crippen molar-refractivity contribution in [3.8, 4) is 17.1 Å². The second-order valence-corrected chi connectivity index (χ2v) is 11.3. The molecule has 0 spiro atoms. The first-order valence-electron chi connectivity index (χ1n) is 14.1. The van der Waals surface area contributed by atoms with Crippen LogP contribution in [0.2, 0.25) is 5.02 Å². The molecule has 1 unspecified atom stereocenters. The molecule has 3 aromatic heterocycles. The van der Waals surface area contributed by atoms with Gasteiger partial charge in [-0.25, -0.2) is 24.0 Å². The third-order valence-electron chi connectivity index (χ3n) is 8.11. The van der Waals surface area contributed by atoms with E-state index in [-0.39, 0.29) is 17.4 Å². The number of nitrogens with one attached hydrogen (secondary N) is 1. The summed E-state index contributed by atoms with van der Waals surface area (Å²) in [6.07, 6.45) is 5.62. The SMILES string of the molecule is Cc1c(C(=O)NC2CCN(c3nc(-c4cncc(N5CCC(F)C5)n4)cnc3N)CC2)c(=O)n(-c2ccccc2Cl)n1C. The molecule has 43 heavy (non-hydrogen) atoms. The topological polar surface area (TPSA) is 140 Å². The Balaban J connectivity index is 1.14. The van der Waals surface area contributed by atoms with E-state index in [1.54, 1.807) is 61.5 Å². The van der Waals surface area contributed by atoms with Gasteiger partial charge in [0, 0.05) is 32.7 Å². The minimum Gasteiger partial charge on any atom is -0.381 e. The third kappa shape index (κ3) is 5.52. The summed E-state index contributed by atoms with van der Waals surface area (Å²) in [5.74, 6) is 0.997. The second kappa shape index (κ2) is 11.6. The lowest BCUT2D eigenvalue weighted by molar-refractivity contribution is 0.0929. The lowest BCUT2D eigenvalue weighted by Gasteiger charge is -2.33. The zero-order chi connectivity index (χ0) is 30.2. The van der Waals surface area contributed by atoms with E-state index in [1.165, 1.54) is 4.68 Å². The lowest BCUT2D eigenvalue weighted by atomic mass is 10.0. The Morgan fingerprint density at radius 3 is 2.49 bits per heavy atom. The number of nitrogen functional groups attached to an aromatic ring is 1. The first kappa shape index (κ1) is 28.6. The molecule has 0 bridgehead atoms. The van der Waals surface area contributed by atoms with Crippen LogP contribution >= 0.6 is 11.6 Å². The van der Waals surface area contributed by atoms with Gasteiger partial charge in [-0.15, -0.1) is 0 Å². The molecule has 6 rings (SSSR count). The first-order valence-corrected chi connectivity index (χ1v) is 14.5. The highest BCUT2D eigenvalue weighted by molar-refractivity contribution is 6.32. The maximum absolute atomic E-state index is 13.7. The fourth-order valence-corrected chi connectivity index (χ4v) is 5.88. The molecule has 1 aromatic carbocycles. The van der Waals surface area contributed by atoms with E-state index in [4.69, 9.17) is 22.3 Å². The fraction of sp³-hybridized carbons (Fsp3) is 0.379. The number of hydrogen-bond acceptors (Lipinski definition) is 9. The number of hydrogen-bond donors (Lipinski definition) is 2. The Morgan fingerprint density at radius 1 is 1.05 bits per heavy atom. The molecule has 0 saturated carbocycles. The molecule has 12 nitrogen and oxygen atoms in total. The summed E-state index contributed by atoms with van der Waals surface area (Å²) in [7, 11) is 1.72. The van der Waals surface area contributed by atoms with Crippen molar-refractivity contribution in [1.29, 1.82) is 0 Å². The van der Waals surface area contributed by atoms with Crippen LogP contribution in [0.4, 0.5) is 21.8 Å². The predicted octanol–water partition coefficient (Wildman–Crippen LogP) is 2.91. The Hall–Kier alpha value is -4.52. The van der Waals surface area contributed by atoms with Gasteiger partial charge in [-0.05, 0) is 38.3 Å². The van der Waals surface area contributed by atoms with Gasteiger partial charge in [0.05, 0.1) is 41.5 Å². The number of amides is 1. The van der Waals surface area contributed by atoms with Crippen LogP contribution in [0.5, 0.6) is 0 Å². The minimum absolute atomic E-state index is 0.0898. The number of rotatable bonds is 6. The van der Waals surface area contributed by atoms with Gasteiger partial charge in [-0.3, -0.25) is 19.3 Å². The van der Waals surface area contributed by atoms with Gasteiger partial charge in [0.25, 0.3) is 11.5 Å². The Morgan fingerprint density at radius 2 is 1.77 bits per heavy atom. The van der Waals surface area contributed by atoms with Crippen molar-refractivity contribution in [3.63, 3.8) is 0 Å². The van der Waals surface area contributed by atoms with Gasteiger partial charge >= 0.3 is 0 Å². The summed E-state index contributed by atoms with van der Waals surface area (Å²) in [5.41, 5.74) is 7.98. The zero-order valence-corrected chi connectivity index (χ0v) is 24.6. The molecule has 1 amide bonds. The van der Waals surface area contributed by atoms with Gasteiger partial charge in [0.2, 0.25) is 0 Å². The number of carbonyl (C=O) groups is 1. The van der Waals surface area contributed by atoms with E-state index in [9.17, 15) is 14.0 Å². The zero-order valence-electron chi connectivity index (χ0n) is 23.9. The Bertz CT molecular complexity index is 1730. The molecule has 1 atom stereocenters. The highest BCUT2D eigenvalue weighted by atomic mass is 35.5. The number of para-hydroxylation sites is 1. The number of anilines is 3. The fourth-order valence-electron chi connectivity index (χ4n) is 5.66. The molecule has 2 aliphatic rings. The van der Waals surface area contributed by atoms with E-state index in [0.717, 1.165) is 0 Å². The largest absolute Gasteiger partial charge is 0.381 e. The van der Waals surface area contributed by atoms with Crippen molar-refractivity contribution in [2.45, 2.75) is 38.4 Å². The Labute approximate surface area is 252 Å². The number of aromatic nitrogens is 6. The highest BCUT2D eigenvalue weighted by Gasteiger charge is 2.28. The quantitative estimate of drug-likeness (QED) is 0.339. The summed E-state index contributed by atoms with van der Waals surface area (Å²) in [6, 6.07) is 6.87. The molecular formula is C29H32ClFN10O2. The molecule has 3 N–H and O–H groups in total. The van der Waals surface area contributed by atoms with Crippen LogP contribution in [0, 0.1) is 6.92 Å². The number of alkyl halides is 1. The van der Waals surface area contributed by atoms with Crippen LogP contribution in [-0.4, -0.2) is 73.6 Å². The maximum atomic E-state index is 13.7. The highest BCUT2D eigenvalue weighted by Crippen LogP contribution is 2.27. The number of benzene rings is 1. The molecule has 2 saturated heterocycles. The van der Waals surface area contributed by atoms with Crippen LogP contribution in [0.15, 0.2) is 47.7 Å². The van der Waals surface area contributed by atoms with Crippen LogP contribution in [0.1, 0.15) is 35.3 Å². The lowest BCUT2D eigenvalue weighted by Crippen LogP contribution is -2.46. The predicted molar refractivity (Wildman–Crippen MR) is 163 cm³/mol. The molecule has 0 radical (unpaired) electrons. The van der Waals surface area contributed by atoms with Gasteiger partial charge in [-0.2, -0.15) is 0 Å². The standard InChI is InChI=1S/C29H32ClFN10O2/c1-17-25(29(43)41(38(17)2)23-6-4-3-5-20(23)30)28(42)35-19-8-11-39(12-9-19)27-26(32)34-14-22(37-27)21-13-33-15-24(36-21)40-10-7-18(31)16-40/h3-6,13-15,18-19H,7-12,16H2,1-2H3,(H2,32,34)(H,35,42). The van der Waals surface area contributed by atoms with E-state index in [0.29, 0.717) is 84.9 Å². The van der Waals surface area contributed by atoms with Crippen LogP contribution < -0.4 is 26.4 Å². The smallest absolute Gasteiger partial charge is 0.284 e. The van der Waals surface area contributed by atoms with E-state index in [1.807, 2.05) is 9.80 Å². The monoisotopic (exact) mass is 606 g/mol. The van der Waals surface area contributed by atoms with E-state index in [2.05, 4.69) is 20.3 Å². The summed E-state index contributed by atoms with van der Waals surface area (Å²) >= 11 is 6.34. The van der Waals surface area contributed by atoms with Gasteiger partial charge in [-0.1, -0.05) is 23.7 Å². The molecule has 14 heteroatoms. The number of nitrogens with zero attached hydrogens (tertiary/aromatic N) is 8. The van der Waals surface area contributed by atoms with Crippen LogP contribution in [-0.2, 0) is 7.05 Å². The van der Waals surface area contributed by atoms with Gasteiger partial charge < -0.3 is 20.9 Å². The van der Waals surface area contributed by atoms with Crippen molar-refractivity contribution in [2.24, 2.45) is 7.05 Å². The van der Waals surface area contributed by atoms with Crippen LogP contribution in [0.3, 0.4) is 0 Å². The molecular weight excluding hydrogens is 575 g/mol. The van der Waals surface area contributed by atoms with E-state index < -0.39 is 17.6 Å². The van der Waals surface area contributed by atoms with Crippen molar-refractivity contribution in [2.75, 3.05) is 41.7 Å². The molecule has 224 valence electrons. The second-order valence-electron chi connectivity index (χ2n) is 10.8. The van der Waals surface area contributed by atoms with Gasteiger partial charge in [0.15, 0.2) is 11.6 Å². The maximum Gasteiger partial charge on any atom is 0.284 e. The summed E-state index contributed by atoms with van der Waals surface area (Å²) in [4.78, 5) is 48.6. The minimum atomic E-state index is -0.870. The van der Waals surface area contributed by atoms with Crippen molar-refractivity contribution >= 4 is 35.0 Å². The van der Waals surface area contributed by atoms with Crippen molar-refractivity contribution in [3.05, 3.63) is 69.5 Å². The van der Waals surface area contributed by atoms with Crippen molar-refractivity contribution in [1.82, 2.24) is 34.6 Å². The van der Waals surface area contributed by atoms with Crippen molar-refractivity contribution < 1.29 is 9.18 Å². The average molecular weight is 607 g/mol. The molecule has 2 aliphatic heterocycles. The van der Waals surface area contributed by atoms with Gasteiger partial charge in [0.1, 0.15) is 28.9 Å². The molecule has 2 fully saturated rings. The molecule has 5 heterocycles. The number of carbonyl (C=O) groups excluding carboxylic acids is 1. The third-order valence-corrected chi connectivity index (χ3v) is 8.43. The summed E-state index contributed by atoms with van der Waals surface area (Å²) < 4.78 is 16.8. The van der Waals surface area contributed by atoms with Crippen LogP contribution in [0.25, 0.3) is 17.1 Å².